The van der Waals surface area contributed by atoms with E-state index in [1.807, 2.05) is 18.2 Å². The molecule has 3 saturated heterocycles. The van der Waals surface area contributed by atoms with E-state index in [0.29, 0.717) is 55.8 Å². The van der Waals surface area contributed by atoms with E-state index >= 15 is 0 Å². The highest BCUT2D eigenvalue weighted by Gasteiger charge is 2.58. The van der Waals surface area contributed by atoms with Crippen LogP contribution < -0.4 is 0 Å². The minimum absolute atomic E-state index is 0.00799. The minimum Gasteiger partial charge on any atom is -0.342 e. The molecule has 3 aliphatic heterocycles. The quantitative estimate of drug-likeness (QED) is 0.561. The molecule has 0 radical (unpaired) electrons. The highest BCUT2D eigenvalue weighted by molar-refractivity contribution is 5.95. The predicted molar refractivity (Wildman–Crippen MR) is 124 cm³/mol. The van der Waals surface area contributed by atoms with E-state index in [0.717, 1.165) is 6.08 Å². The molecule has 5 nitrogen and oxygen atoms in total. The van der Waals surface area contributed by atoms with Crippen molar-refractivity contribution in [2.45, 2.75) is 69.2 Å². The van der Waals surface area contributed by atoms with Gasteiger partial charge in [0.1, 0.15) is 12.1 Å². The number of hydrogen-bond acceptors (Lipinski definition) is 3. The van der Waals surface area contributed by atoms with Crippen molar-refractivity contribution < 1.29 is 23.1 Å². The summed E-state index contributed by atoms with van der Waals surface area (Å²) in [5.74, 6) is -0.904. The van der Waals surface area contributed by atoms with Gasteiger partial charge in [-0.05, 0) is 67.9 Å². The monoisotopic (exact) mass is 468 g/mol. The Morgan fingerprint density at radius 2 is 1.88 bits per heavy atom. The number of ether oxygens (including phenoxy) is 1. The Labute approximate surface area is 198 Å². The van der Waals surface area contributed by atoms with Crippen molar-refractivity contribution in [1.82, 2.24) is 9.80 Å². The van der Waals surface area contributed by atoms with Gasteiger partial charge in [0.05, 0.1) is 11.9 Å². The van der Waals surface area contributed by atoms with Crippen LogP contribution in [0.15, 0.2) is 60.2 Å². The van der Waals surface area contributed by atoms with E-state index in [1.165, 1.54) is 31.4 Å². The molecule has 7 heteroatoms. The molecule has 1 aliphatic carbocycles. The highest BCUT2D eigenvalue weighted by Crippen LogP contribution is 2.45. The minimum atomic E-state index is -0.950. The zero-order valence-corrected chi connectivity index (χ0v) is 19.4. The van der Waals surface area contributed by atoms with Crippen LogP contribution in [-0.2, 0) is 9.53 Å². The van der Waals surface area contributed by atoms with Crippen LogP contribution in [0.1, 0.15) is 67.3 Å². The molecule has 4 fully saturated rings. The maximum absolute atomic E-state index is 14.0. The second kappa shape index (κ2) is 8.77. The molecular formula is C27H30F2N2O3. The fraction of sp³-hybridized carbons (Fsp3) is 0.481. The zero-order chi connectivity index (χ0) is 24.0. The van der Waals surface area contributed by atoms with Crippen molar-refractivity contribution in [2.75, 3.05) is 13.1 Å². The van der Waals surface area contributed by atoms with E-state index in [1.54, 1.807) is 9.80 Å². The van der Waals surface area contributed by atoms with Gasteiger partial charge in [0.25, 0.3) is 11.8 Å². The number of fused-ring (bicyclic) bond motifs is 1. The topological polar surface area (TPSA) is 49.9 Å². The summed E-state index contributed by atoms with van der Waals surface area (Å²) < 4.78 is 33.3. The number of halogens is 2. The number of likely N-dealkylation sites (tertiary alicyclic amines) is 1. The summed E-state index contributed by atoms with van der Waals surface area (Å²) in [5, 5.41) is 0. The first-order valence-corrected chi connectivity index (χ1v) is 12.1. The van der Waals surface area contributed by atoms with Crippen LogP contribution in [0.3, 0.4) is 0 Å². The van der Waals surface area contributed by atoms with E-state index in [9.17, 15) is 18.4 Å². The predicted octanol–water partition coefficient (Wildman–Crippen LogP) is 5.17. The number of hydrogen-bond donors (Lipinski definition) is 0. The third-order valence-electron chi connectivity index (χ3n) is 7.45. The third-order valence-corrected chi connectivity index (χ3v) is 7.45. The van der Waals surface area contributed by atoms with Gasteiger partial charge in [0.2, 0.25) is 0 Å². The second-order valence-corrected chi connectivity index (χ2v) is 9.90. The lowest BCUT2D eigenvalue weighted by atomic mass is 9.89. The Morgan fingerprint density at radius 3 is 2.56 bits per heavy atom. The van der Waals surface area contributed by atoms with Crippen LogP contribution in [0.2, 0.25) is 0 Å². The molecule has 1 aromatic carbocycles. The van der Waals surface area contributed by atoms with Crippen molar-refractivity contribution in [3.05, 3.63) is 71.4 Å². The molecule has 1 aromatic rings. The number of amides is 2. The lowest BCUT2D eigenvalue weighted by Gasteiger charge is -2.37. The Kier molecular flexibility index (Phi) is 5.92. The number of carbonyl (C=O) groups excluding carboxylic acids is 2. The highest BCUT2D eigenvalue weighted by atomic mass is 19.1. The molecule has 0 N–H and O–H groups in total. The molecule has 0 aromatic heterocycles. The Hall–Kier alpha value is -2.80. The lowest BCUT2D eigenvalue weighted by molar-refractivity contribution is -0.142. The molecule has 5 rings (SSSR count). The molecular weight excluding hydrogens is 438 g/mol. The number of nitrogens with zero attached hydrogens (tertiary/aromatic N) is 2. The largest absolute Gasteiger partial charge is 0.342 e. The van der Waals surface area contributed by atoms with Crippen molar-refractivity contribution in [3.8, 4) is 0 Å². The van der Waals surface area contributed by atoms with Crippen LogP contribution >= 0.6 is 0 Å². The molecule has 34 heavy (non-hydrogen) atoms. The second-order valence-electron chi connectivity index (χ2n) is 9.90. The first-order valence-electron chi connectivity index (χ1n) is 12.1. The van der Waals surface area contributed by atoms with Gasteiger partial charge < -0.3 is 14.5 Å². The Morgan fingerprint density at radius 1 is 1.15 bits per heavy atom. The van der Waals surface area contributed by atoms with E-state index in [-0.39, 0.29) is 24.1 Å². The molecule has 180 valence electrons. The van der Waals surface area contributed by atoms with E-state index in [4.69, 9.17) is 4.74 Å². The molecule has 4 aliphatic rings. The average Bonchev–Trinajstić information content (AvgIpc) is 3.53. The van der Waals surface area contributed by atoms with Gasteiger partial charge in [-0.1, -0.05) is 18.7 Å². The van der Waals surface area contributed by atoms with Crippen molar-refractivity contribution >= 4 is 11.8 Å². The third kappa shape index (κ3) is 4.22. The summed E-state index contributed by atoms with van der Waals surface area (Å²) in [6, 6.07) is 7.51. The van der Waals surface area contributed by atoms with Gasteiger partial charge in [0.15, 0.2) is 5.60 Å². The van der Waals surface area contributed by atoms with E-state index in [2.05, 4.69) is 12.6 Å². The van der Waals surface area contributed by atoms with Crippen molar-refractivity contribution in [1.29, 1.82) is 0 Å². The summed E-state index contributed by atoms with van der Waals surface area (Å²) >= 11 is 0. The lowest BCUT2D eigenvalue weighted by Crippen LogP contribution is -2.52. The van der Waals surface area contributed by atoms with E-state index < -0.39 is 17.3 Å². The standard InChI is InChI=1S/C27H30F2N2O3/c1-17(14-22(29)15-18(2)28)23-8-9-24-31(23)26(33)27(34-24)10-12-30(13-11-27)25(32)21-5-3-4-20(16-21)19-6-7-19/h3-5,14-16,19,23-24H,1,6-13H2,2H3/b18-15+,22-14+/t23-,24+/m0/s1. The van der Waals surface area contributed by atoms with Gasteiger partial charge in [-0.3, -0.25) is 9.59 Å². The van der Waals surface area contributed by atoms with Crippen LogP contribution in [-0.4, -0.2) is 52.6 Å². The number of allylic oxidation sites excluding steroid dienone is 3. The van der Waals surface area contributed by atoms with Gasteiger partial charge in [-0.25, -0.2) is 8.78 Å². The number of rotatable bonds is 5. The fourth-order valence-corrected chi connectivity index (χ4v) is 5.51. The van der Waals surface area contributed by atoms with Crippen LogP contribution in [0.4, 0.5) is 8.78 Å². The van der Waals surface area contributed by atoms with Gasteiger partial charge in [-0.15, -0.1) is 0 Å². The summed E-state index contributed by atoms with van der Waals surface area (Å²) in [6.07, 6.45) is 6.10. The van der Waals surface area contributed by atoms with Crippen molar-refractivity contribution in [3.63, 3.8) is 0 Å². The Balaban J connectivity index is 1.25. The molecule has 2 atom stereocenters. The van der Waals surface area contributed by atoms with Gasteiger partial charge in [0, 0.05) is 37.6 Å². The SMILES string of the molecule is C=C(/C=C(F)\C=C(/C)F)[C@@H]1CC[C@H]2OC3(CCN(C(=O)c4cccc(C5CC5)c4)CC3)C(=O)N21. The average molecular weight is 469 g/mol. The van der Waals surface area contributed by atoms with Crippen LogP contribution in [0, 0.1) is 0 Å². The summed E-state index contributed by atoms with van der Waals surface area (Å²) in [7, 11) is 0. The van der Waals surface area contributed by atoms with Crippen molar-refractivity contribution in [2.24, 2.45) is 0 Å². The van der Waals surface area contributed by atoms with Gasteiger partial charge in [-0.2, -0.15) is 0 Å². The molecule has 3 heterocycles. The summed E-state index contributed by atoms with van der Waals surface area (Å²) in [4.78, 5) is 30.1. The normalized spacial score (nSPS) is 26.9. The van der Waals surface area contributed by atoms with Crippen LogP contribution in [0.5, 0.6) is 0 Å². The summed E-state index contributed by atoms with van der Waals surface area (Å²) in [5.41, 5.74) is 1.40. The molecule has 1 spiro atoms. The smallest absolute Gasteiger partial charge is 0.257 e. The Bertz CT molecular complexity index is 1080. The number of piperidine rings is 1. The first-order chi connectivity index (χ1) is 16.3. The molecule has 0 bridgehead atoms. The fourth-order valence-electron chi connectivity index (χ4n) is 5.51. The molecule has 0 unspecified atom stereocenters. The number of benzene rings is 1. The molecule has 2 amide bonds. The maximum Gasteiger partial charge on any atom is 0.257 e. The first kappa shape index (κ1) is 23.0. The molecule has 1 saturated carbocycles. The zero-order valence-electron chi connectivity index (χ0n) is 19.4. The van der Waals surface area contributed by atoms with Gasteiger partial charge >= 0.3 is 0 Å². The van der Waals surface area contributed by atoms with Crippen LogP contribution in [0.25, 0.3) is 0 Å². The number of carbonyl (C=O) groups is 2. The maximum atomic E-state index is 14.0. The summed E-state index contributed by atoms with van der Waals surface area (Å²) in [6.45, 7) is 5.99.